The highest BCUT2D eigenvalue weighted by atomic mass is 79.9. The number of amides is 1. The lowest BCUT2D eigenvalue weighted by Crippen LogP contribution is -2.03. The Morgan fingerprint density at radius 2 is 2.05 bits per heavy atom. The van der Waals surface area contributed by atoms with Crippen molar-refractivity contribution in [2.75, 3.05) is 5.32 Å². The van der Waals surface area contributed by atoms with Gasteiger partial charge in [0.05, 0.1) is 14.0 Å². The van der Waals surface area contributed by atoms with E-state index in [2.05, 4.69) is 37.2 Å². The molecule has 0 aliphatic carbocycles. The average Bonchev–Trinajstić information content (AvgIpc) is 2.88. The summed E-state index contributed by atoms with van der Waals surface area (Å²) in [5, 5.41) is 13.7. The molecule has 0 spiro atoms. The molecule has 0 bridgehead atoms. The average molecular weight is 438 g/mol. The van der Waals surface area contributed by atoms with E-state index >= 15 is 0 Å². The number of fused-ring (bicyclic) bond motifs is 1. The molecule has 0 saturated carbocycles. The van der Waals surface area contributed by atoms with Gasteiger partial charge in [0.15, 0.2) is 0 Å². The molecule has 1 aromatic heterocycles. The monoisotopic (exact) mass is 435 g/mol. The smallest absolute Gasteiger partial charge is 0.228 e. The van der Waals surface area contributed by atoms with Crippen molar-refractivity contribution in [1.29, 1.82) is 0 Å². The van der Waals surface area contributed by atoms with Crippen LogP contribution in [0.1, 0.15) is 22.8 Å². The van der Waals surface area contributed by atoms with Crippen LogP contribution in [0.2, 0.25) is 5.02 Å². The van der Waals surface area contributed by atoms with E-state index in [0.717, 1.165) is 24.4 Å². The molecule has 1 amide bonds. The number of thiophene rings is 1. The third kappa shape index (κ3) is 2.55. The van der Waals surface area contributed by atoms with E-state index < -0.39 is 6.10 Å². The maximum absolute atomic E-state index is 11.4. The van der Waals surface area contributed by atoms with Gasteiger partial charge in [-0.15, -0.1) is 11.3 Å². The lowest BCUT2D eigenvalue weighted by atomic mass is 10.0. The van der Waals surface area contributed by atoms with Crippen molar-refractivity contribution in [3.63, 3.8) is 0 Å². The number of nitrogens with one attached hydrogen (secondary N) is 1. The molecule has 0 radical (unpaired) electrons. The summed E-state index contributed by atoms with van der Waals surface area (Å²) >= 11 is 14.5. The number of aliphatic hydroxyl groups excluding tert-OH is 1. The summed E-state index contributed by atoms with van der Waals surface area (Å²) < 4.78 is 1.77. The zero-order valence-electron chi connectivity index (χ0n) is 9.91. The molecule has 20 heavy (non-hydrogen) atoms. The van der Waals surface area contributed by atoms with Crippen molar-refractivity contribution in [2.45, 2.75) is 12.5 Å². The molecule has 0 saturated heterocycles. The van der Waals surface area contributed by atoms with Crippen LogP contribution in [0.25, 0.3) is 0 Å². The topological polar surface area (TPSA) is 49.3 Å². The molecule has 1 aliphatic heterocycles. The van der Waals surface area contributed by atoms with E-state index in [4.69, 9.17) is 11.6 Å². The number of rotatable bonds is 2. The van der Waals surface area contributed by atoms with Gasteiger partial charge >= 0.3 is 0 Å². The van der Waals surface area contributed by atoms with Crippen molar-refractivity contribution < 1.29 is 9.90 Å². The highest BCUT2D eigenvalue weighted by Crippen LogP contribution is 2.41. The summed E-state index contributed by atoms with van der Waals surface area (Å²) in [6, 6.07) is 5.33. The number of carbonyl (C=O) groups excluding carboxylic acids is 1. The summed E-state index contributed by atoms with van der Waals surface area (Å²) in [7, 11) is 0. The third-order valence-corrected chi connectivity index (χ3v) is 5.83. The van der Waals surface area contributed by atoms with Crippen LogP contribution in [0.15, 0.2) is 25.8 Å². The van der Waals surface area contributed by atoms with Crippen LogP contribution in [0, 0.1) is 0 Å². The van der Waals surface area contributed by atoms with Crippen LogP contribution >= 0.6 is 54.8 Å². The molecular formula is C13H8Br2ClNO2S. The number of benzene rings is 1. The van der Waals surface area contributed by atoms with Crippen LogP contribution in [-0.4, -0.2) is 11.0 Å². The lowest BCUT2D eigenvalue weighted by molar-refractivity contribution is -0.115. The zero-order chi connectivity index (χ0) is 14.4. The van der Waals surface area contributed by atoms with Crippen LogP contribution in [0.3, 0.4) is 0 Å². The van der Waals surface area contributed by atoms with Gasteiger partial charge in [-0.3, -0.25) is 4.79 Å². The van der Waals surface area contributed by atoms with E-state index in [0.29, 0.717) is 17.0 Å². The molecule has 7 heteroatoms. The Kier molecular flexibility index (Phi) is 3.94. The van der Waals surface area contributed by atoms with E-state index in [1.165, 1.54) is 11.3 Å². The summed E-state index contributed by atoms with van der Waals surface area (Å²) in [6.07, 6.45) is -0.513. The number of halogens is 3. The first-order valence-corrected chi connectivity index (χ1v) is 8.48. The maximum Gasteiger partial charge on any atom is 0.228 e. The Morgan fingerprint density at radius 1 is 1.30 bits per heavy atom. The fraction of sp³-hybridized carbons (Fsp3) is 0.154. The van der Waals surface area contributed by atoms with Gasteiger partial charge in [0, 0.05) is 21.8 Å². The van der Waals surface area contributed by atoms with E-state index in [1.807, 2.05) is 6.07 Å². The molecule has 2 aromatic rings. The molecule has 1 atom stereocenters. The molecule has 1 unspecified atom stereocenters. The molecule has 2 heterocycles. The van der Waals surface area contributed by atoms with Crippen molar-refractivity contribution in [1.82, 2.24) is 0 Å². The van der Waals surface area contributed by atoms with Crippen LogP contribution in [0.5, 0.6) is 0 Å². The van der Waals surface area contributed by atoms with Gasteiger partial charge in [0.25, 0.3) is 0 Å². The number of anilines is 1. The molecular weight excluding hydrogens is 429 g/mol. The largest absolute Gasteiger partial charge is 0.384 e. The van der Waals surface area contributed by atoms with Crippen molar-refractivity contribution in [3.8, 4) is 0 Å². The summed E-state index contributed by atoms with van der Waals surface area (Å²) in [5.74, 6) is -0.0536. The van der Waals surface area contributed by atoms with Gasteiger partial charge in [0.2, 0.25) is 5.91 Å². The fourth-order valence-electron chi connectivity index (χ4n) is 2.18. The normalized spacial score (nSPS) is 15.1. The van der Waals surface area contributed by atoms with E-state index in [-0.39, 0.29) is 5.91 Å². The fourth-order valence-corrected chi connectivity index (χ4v) is 5.33. The van der Waals surface area contributed by atoms with Gasteiger partial charge < -0.3 is 10.4 Å². The Labute approximate surface area is 141 Å². The lowest BCUT2D eigenvalue weighted by Gasteiger charge is -2.14. The van der Waals surface area contributed by atoms with Crippen molar-refractivity contribution in [2.24, 2.45) is 0 Å². The van der Waals surface area contributed by atoms with Gasteiger partial charge in [0.1, 0.15) is 6.10 Å². The van der Waals surface area contributed by atoms with Crippen LogP contribution in [0.4, 0.5) is 5.69 Å². The highest BCUT2D eigenvalue weighted by Gasteiger charge is 2.24. The standard InChI is InChI=1S/C13H8Br2ClNO2S/c14-10-3-7(13(15)20-10)12(19)6-1-5-2-11(18)17-9(5)4-8(6)16/h1,3-4,12,19H,2H2,(H,17,18). The number of hydrogen-bond acceptors (Lipinski definition) is 3. The summed E-state index contributed by atoms with van der Waals surface area (Å²) in [5.41, 5.74) is 2.94. The molecule has 0 fully saturated rings. The second-order valence-electron chi connectivity index (χ2n) is 4.44. The Balaban J connectivity index is 2.04. The van der Waals surface area contributed by atoms with E-state index in [1.54, 1.807) is 12.1 Å². The predicted octanol–water partition coefficient (Wildman–Crippen LogP) is 4.50. The van der Waals surface area contributed by atoms with Crippen molar-refractivity contribution in [3.05, 3.63) is 47.5 Å². The molecule has 3 rings (SSSR count). The third-order valence-electron chi connectivity index (χ3n) is 3.12. The molecule has 1 aliphatic rings. The van der Waals surface area contributed by atoms with Gasteiger partial charge in [-0.1, -0.05) is 11.6 Å². The minimum Gasteiger partial charge on any atom is -0.384 e. The molecule has 1 aromatic carbocycles. The second-order valence-corrected chi connectivity index (χ2v) is 8.59. The maximum atomic E-state index is 11.4. The minimum atomic E-state index is -0.833. The number of aliphatic hydroxyl groups is 1. The SMILES string of the molecule is O=C1Cc2cc(C(O)c3cc(Br)sc3Br)c(Cl)cc2N1. The quantitative estimate of drug-likeness (QED) is 0.727. The van der Waals surface area contributed by atoms with Gasteiger partial charge in [-0.2, -0.15) is 0 Å². The summed E-state index contributed by atoms with van der Waals surface area (Å²) in [4.78, 5) is 11.4. The van der Waals surface area contributed by atoms with E-state index in [9.17, 15) is 9.90 Å². The Bertz CT molecular complexity index is 717. The van der Waals surface area contributed by atoms with Gasteiger partial charge in [-0.25, -0.2) is 0 Å². The molecule has 2 N–H and O–H groups in total. The minimum absolute atomic E-state index is 0.0536. The predicted molar refractivity (Wildman–Crippen MR) is 87.6 cm³/mol. The second kappa shape index (κ2) is 5.42. The first-order valence-electron chi connectivity index (χ1n) is 5.70. The first-order chi connectivity index (χ1) is 9.45. The highest BCUT2D eigenvalue weighted by molar-refractivity contribution is 9.12. The van der Waals surface area contributed by atoms with Gasteiger partial charge in [-0.05, 0) is 55.6 Å². The van der Waals surface area contributed by atoms with Crippen molar-refractivity contribution >= 4 is 66.4 Å². The van der Waals surface area contributed by atoms with Crippen LogP contribution in [-0.2, 0) is 11.2 Å². The number of carbonyl (C=O) groups is 1. The molecule has 3 nitrogen and oxygen atoms in total. The Morgan fingerprint density at radius 3 is 2.70 bits per heavy atom. The molecule has 104 valence electrons. The van der Waals surface area contributed by atoms with Crippen LogP contribution < -0.4 is 5.32 Å². The first kappa shape index (κ1) is 14.5. The summed E-state index contributed by atoms with van der Waals surface area (Å²) in [6.45, 7) is 0. The Hall–Kier alpha value is -0.400. The zero-order valence-corrected chi connectivity index (χ0v) is 14.7. The number of hydrogen-bond donors (Lipinski definition) is 2.